The number of benzene rings is 2. The first-order chi connectivity index (χ1) is 11.0. The number of hydrogen-bond acceptors (Lipinski definition) is 4. The molecule has 5 nitrogen and oxygen atoms in total. The number of hydrogen-bond donors (Lipinski definition) is 1. The van der Waals surface area contributed by atoms with Gasteiger partial charge in [0.15, 0.2) is 6.61 Å². The van der Waals surface area contributed by atoms with Gasteiger partial charge in [0, 0.05) is 0 Å². The maximum atomic E-state index is 13.1. The standard InChI is InChI=1S/C16H13ClFNO4/c1-22-12-4-2-3-10(7-12)16(21)23-9-15(20)19-14-8-11(18)5-6-13(14)17/h2-8H,9H2,1H3,(H,19,20). The summed E-state index contributed by atoms with van der Waals surface area (Å²) < 4.78 is 23.0. The Labute approximate surface area is 137 Å². The summed E-state index contributed by atoms with van der Waals surface area (Å²) in [4.78, 5) is 23.6. The van der Waals surface area contributed by atoms with Crippen molar-refractivity contribution in [3.8, 4) is 5.75 Å². The molecule has 0 heterocycles. The first-order valence-electron chi connectivity index (χ1n) is 6.55. The van der Waals surface area contributed by atoms with Crippen LogP contribution in [0, 0.1) is 5.82 Å². The zero-order valence-corrected chi connectivity index (χ0v) is 12.9. The van der Waals surface area contributed by atoms with E-state index < -0.39 is 24.3 Å². The predicted octanol–water partition coefficient (Wildman–Crippen LogP) is 3.28. The zero-order valence-electron chi connectivity index (χ0n) is 12.1. The van der Waals surface area contributed by atoms with Crippen LogP contribution < -0.4 is 10.1 Å². The van der Waals surface area contributed by atoms with E-state index in [9.17, 15) is 14.0 Å². The van der Waals surface area contributed by atoms with E-state index in [2.05, 4.69) is 5.32 Å². The maximum Gasteiger partial charge on any atom is 0.338 e. The Balaban J connectivity index is 1.93. The number of carbonyl (C=O) groups is 2. The molecule has 23 heavy (non-hydrogen) atoms. The van der Waals surface area contributed by atoms with Crippen molar-refractivity contribution in [1.29, 1.82) is 0 Å². The van der Waals surface area contributed by atoms with E-state index in [1.165, 1.54) is 31.4 Å². The SMILES string of the molecule is COc1cccc(C(=O)OCC(=O)Nc2cc(F)ccc2Cl)c1. The summed E-state index contributed by atoms with van der Waals surface area (Å²) >= 11 is 5.83. The summed E-state index contributed by atoms with van der Waals surface area (Å²) in [6.45, 7) is -0.525. The molecule has 0 aliphatic heterocycles. The third-order valence-corrected chi connectivity index (χ3v) is 3.17. The van der Waals surface area contributed by atoms with Gasteiger partial charge in [-0.3, -0.25) is 4.79 Å². The second-order valence-corrected chi connectivity index (χ2v) is 4.89. The highest BCUT2D eigenvalue weighted by atomic mass is 35.5. The first kappa shape index (κ1) is 16.8. The Hall–Kier alpha value is -2.60. The van der Waals surface area contributed by atoms with Gasteiger partial charge in [0.25, 0.3) is 5.91 Å². The van der Waals surface area contributed by atoms with E-state index in [0.717, 1.165) is 6.07 Å². The summed E-state index contributed by atoms with van der Waals surface area (Å²) in [7, 11) is 1.47. The average Bonchev–Trinajstić information content (AvgIpc) is 2.56. The smallest absolute Gasteiger partial charge is 0.338 e. The number of rotatable bonds is 5. The second-order valence-electron chi connectivity index (χ2n) is 4.48. The molecule has 0 spiro atoms. The van der Waals surface area contributed by atoms with Gasteiger partial charge >= 0.3 is 5.97 Å². The van der Waals surface area contributed by atoms with E-state index in [4.69, 9.17) is 21.1 Å². The summed E-state index contributed by atoms with van der Waals surface area (Å²) in [5, 5.41) is 2.55. The van der Waals surface area contributed by atoms with Crippen molar-refractivity contribution in [2.45, 2.75) is 0 Å². The minimum atomic E-state index is -0.676. The van der Waals surface area contributed by atoms with Crippen molar-refractivity contribution in [2.75, 3.05) is 19.0 Å². The maximum absolute atomic E-state index is 13.1. The molecule has 7 heteroatoms. The van der Waals surface area contributed by atoms with Gasteiger partial charge in [-0.1, -0.05) is 17.7 Å². The number of esters is 1. The largest absolute Gasteiger partial charge is 0.497 e. The topological polar surface area (TPSA) is 64.6 Å². The molecule has 0 aliphatic carbocycles. The number of nitrogens with one attached hydrogen (secondary N) is 1. The quantitative estimate of drug-likeness (QED) is 0.850. The van der Waals surface area contributed by atoms with Gasteiger partial charge in [0.2, 0.25) is 0 Å². The van der Waals surface area contributed by atoms with Gasteiger partial charge in [0.1, 0.15) is 11.6 Å². The monoisotopic (exact) mass is 337 g/mol. The van der Waals surface area contributed by atoms with Crippen molar-refractivity contribution in [1.82, 2.24) is 0 Å². The third kappa shape index (κ3) is 4.69. The molecule has 2 aromatic carbocycles. The van der Waals surface area contributed by atoms with E-state index >= 15 is 0 Å². The highest BCUT2D eigenvalue weighted by Gasteiger charge is 2.12. The summed E-state index contributed by atoms with van der Waals surface area (Å²) in [5.74, 6) is -1.35. The molecule has 1 amide bonds. The molecule has 0 atom stereocenters. The first-order valence-corrected chi connectivity index (χ1v) is 6.93. The van der Waals surface area contributed by atoms with Crippen molar-refractivity contribution in [2.24, 2.45) is 0 Å². The predicted molar refractivity (Wildman–Crippen MR) is 83.3 cm³/mol. The normalized spacial score (nSPS) is 10.0. The van der Waals surface area contributed by atoms with Crippen molar-refractivity contribution >= 4 is 29.2 Å². The summed E-state index contributed by atoms with van der Waals surface area (Å²) in [6, 6.07) is 9.88. The Morgan fingerprint density at radius 2 is 2.00 bits per heavy atom. The Kier molecular flexibility index (Phi) is 5.54. The lowest BCUT2D eigenvalue weighted by Crippen LogP contribution is -2.21. The fourth-order valence-corrected chi connectivity index (χ4v) is 1.91. The van der Waals surface area contributed by atoms with Crippen molar-refractivity contribution in [3.63, 3.8) is 0 Å². The van der Waals surface area contributed by atoms with Crippen LogP contribution in [0.4, 0.5) is 10.1 Å². The lowest BCUT2D eigenvalue weighted by molar-refractivity contribution is -0.119. The Bertz CT molecular complexity index is 736. The molecule has 0 aromatic heterocycles. The Morgan fingerprint density at radius 3 is 2.74 bits per heavy atom. The molecule has 0 aliphatic rings. The van der Waals surface area contributed by atoms with Crippen LogP contribution in [0.2, 0.25) is 5.02 Å². The molecule has 120 valence electrons. The van der Waals surface area contributed by atoms with Crippen LogP contribution in [0.3, 0.4) is 0 Å². The van der Waals surface area contributed by atoms with Crippen LogP contribution >= 0.6 is 11.6 Å². The van der Waals surface area contributed by atoms with Crippen molar-refractivity contribution in [3.05, 3.63) is 58.9 Å². The molecular formula is C16H13ClFNO4. The lowest BCUT2D eigenvalue weighted by Gasteiger charge is -2.08. The number of methoxy groups -OCH3 is 1. The van der Waals surface area contributed by atoms with E-state index in [1.807, 2.05) is 0 Å². The molecule has 2 rings (SSSR count). The van der Waals surface area contributed by atoms with Crippen LogP contribution in [-0.4, -0.2) is 25.6 Å². The summed E-state index contributed by atoms with van der Waals surface area (Å²) in [5.41, 5.74) is 0.357. The lowest BCUT2D eigenvalue weighted by atomic mass is 10.2. The molecule has 0 saturated heterocycles. The van der Waals surface area contributed by atoms with Gasteiger partial charge in [-0.05, 0) is 36.4 Å². The number of amides is 1. The minimum Gasteiger partial charge on any atom is -0.497 e. The highest BCUT2D eigenvalue weighted by Crippen LogP contribution is 2.22. The van der Waals surface area contributed by atoms with E-state index in [-0.39, 0.29) is 16.3 Å². The van der Waals surface area contributed by atoms with Gasteiger partial charge in [-0.15, -0.1) is 0 Å². The molecular weight excluding hydrogens is 325 g/mol. The molecule has 0 radical (unpaired) electrons. The number of ether oxygens (including phenoxy) is 2. The molecule has 0 bridgehead atoms. The summed E-state index contributed by atoms with van der Waals surface area (Å²) in [6.07, 6.45) is 0. The molecule has 2 aromatic rings. The number of halogens is 2. The highest BCUT2D eigenvalue weighted by molar-refractivity contribution is 6.33. The number of carbonyl (C=O) groups excluding carboxylic acids is 2. The van der Waals surface area contributed by atoms with Gasteiger partial charge in [-0.25, -0.2) is 9.18 Å². The van der Waals surface area contributed by atoms with E-state index in [1.54, 1.807) is 12.1 Å². The van der Waals surface area contributed by atoms with E-state index in [0.29, 0.717) is 5.75 Å². The minimum absolute atomic E-state index is 0.106. The second kappa shape index (κ2) is 7.60. The molecule has 0 fully saturated rings. The zero-order chi connectivity index (χ0) is 16.8. The Morgan fingerprint density at radius 1 is 1.22 bits per heavy atom. The van der Waals surface area contributed by atoms with Crippen LogP contribution in [0.1, 0.15) is 10.4 Å². The van der Waals surface area contributed by atoms with Gasteiger partial charge in [0.05, 0.1) is 23.4 Å². The van der Waals surface area contributed by atoms with Crippen LogP contribution in [0.15, 0.2) is 42.5 Å². The van der Waals surface area contributed by atoms with Gasteiger partial charge < -0.3 is 14.8 Å². The molecule has 0 unspecified atom stereocenters. The van der Waals surface area contributed by atoms with Crippen LogP contribution in [0.5, 0.6) is 5.75 Å². The fourth-order valence-electron chi connectivity index (χ4n) is 1.74. The van der Waals surface area contributed by atoms with Crippen LogP contribution in [-0.2, 0) is 9.53 Å². The van der Waals surface area contributed by atoms with Crippen molar-refractivity contribution < 1.29 is 23.5 Å². The number of anilines is 1. The molecule has 0 saturated carbocycles. The molecule has 1 N–H and O–H groups in total. The fraction of sp³-hybridized carbons (Fsp3) is 0.125. The van der Waals surface area contributed by atoms with Gasteiger partial charge in [-0.2, -0.15) is 0 Å². The third-order valence-electron chi connectivity index (χ3n) is 2.84. The average molecular weight is 338 g/mol. The van der Waals surface area contributed by atoms with Crippen LogP contribution in [0.25, 0.3) is 0 Å².